The van der Waals surface area contributed by atoms with Gasteiger partial charge in [0.2, 0.25) is 0 Å². The molecule has 9 nitrogen and oxygen atoms in total. The van der Waals surface area contributed by atoms with Crippen LogP contribution in [-0.2, 0) is 0 Å². The second kappa shape index (κ2) is 8.44. The number of pyridine rings is 1. The van der Waals surface area contributed by atoms with E-state index in [9.17, 15) is 14.9 Å². The first-order valence-electron chi connectivity index (χ1n) is 10.2. The summed E-state index contributed by atoms with van der Waals surface area (Å²) in [6.45, 7) is 0. The number of aromatic nitrogens is 1. The number of hydrogen-bond donors (Lipinski definition) is 0. The predicted molar refractivity (Wildman–Crippen MR) is 122 cm³/mol. The molecule has 0 saturated heterocycles. The summed E-state index contributed by atoms with van der Waals surface area (Å²) >= 11 is 0. The van der Waals surface area contributed by atoms with Crippen molar-refractivity contribution < 1.29 is 22.8 Å². The number of fused-ring (bicyclic) bond motifs is 1. The Labute approximate surface area is 193 Å². The van der Waals surface area contributed by atoms with Gasteiger partial charge < -0.3 is 18.2 Å². The molecule has 4 aromatic heterocycles. The summed E-state index contributed by atoms with van der Waals surface area (Å²) in [5.41, 5.74) is 0.884. The number of amides is 2. The molecule has 0 radical (unpaired) electrons. The van der Waals surface area contributed by atoms with E-state index in [0.29, 0.717) is 22.5 Å². The number of carbonyl (C=O) groups is 2. The number of hydrogen-bond acceptors (Lipinski definition) is 8. The largest absolute Gasteiger partial charge is 0.459 e. The van der Waals surface area contributed by atoms with E-state index < -0.39 is 11.8 Å². The lowest BCUT2D eigenvalue weighted by Crippen LogP contribution is -2.38. The number of benzene rings is 1. The monoisotopic (exact) mass is 452 g/mol. The molecule has 166 valence electrons. The number of carbonyl (C=O) groups excluding carboxylic acids is 2. The first-order chi connectivity index (χ1) is 16.6. The van der Waals surface area contributed by atoms with Crippen molar-refractivity contribution in [1.29, 1.82) is 5.26 Å². The Kier molecular flexibility index (Phi) is 5.16. The first kappa shape index (κ1) is 20.8. The molecule has 0 aliphatic heterocycles. The molecule has 0 unspecified atom stereocenters. The SMILES string of the molecule is CN(c1ccco1)c1c(C#N)c(N(C(=O)c2ccco2)C(=O)c2ccco2)nc2ccccc12. The van der Waals surface area contributed by atoms with Crippen LogP contribution in [0.5, 0.6) is 0 Å². The minimum atomic E-state index is -0.794. The summed E-state index contributed by atoms with van der Waals surface area (Å²) in [6, 6.07) is 18.6. The molecule has 9 heteroatoms. The molecule has 5 aromatic rings. The molecule has 5 rings (SSSR count). The van der Waals surface area contributed by atoms with Gasteiger partial charge in [0.05, 0.1) is 30.0 Å². The lowest BCUT2D eigenvalue weighted by atomic mass is 10.1. The highest BCUT2D eigenvalue weighted by atomic mass is 16.4. The van der Waals surface area contributed by atoms with Gasteiger partial charge in [0, 0.05) is 18.5 Å². The molecular formula is C25H16N4O5. The second-order valence-electron chi connectivity index (χ2n) is 7.20. The van der Waals surface area contributed by atoms with Gasteiger partial charge in [0.25, 0.3) is 0 Å². The minimum absolute atomic E-state index is 0.00240. The van der Waals surface area contributed by atoms with Crippen LogP contribution in [0.2, 0.25) is 0 Å². The lowest BCUT2D eigenvalue weighted by Gasteiger charge is -2.25. The quantitative estimate of drug-likeness (QED) is 0.337. The molecular weight excluding hydrogens is 436 g/mol. The van der Waals surface area contributed by atoms with E-state index in [1.165, 1.54) is 43.1 Å². The summed E-state index contributed by atoms with van der Waals surface area (Å²) in [4.78, 5) is 33.9. The molecule has 0 aliphatic rings. The summed E-state index contributed by atoms with van der Waals surface area (Å²) < 4.78 is 16.0. The lowest BCUT2D eigenvalue weighted by molar-refractivity contribution is 0.0866. The zero-order valence-corrected chi connectivity index (χ0v) is 17.8. The van der Waals surface area contributed by atoms with Crippen molar-refractivity contribution in [3.63, 3.8) is 0 Å². The molecule has 0 fully saturated rings. The van der Waals surface area contributed by atoms with E-state index in [2.05, 4.69) is 11.1 Å². The van der Waals surface area contributed by atoms with Crippen LogP contribution in [0.4, 0.5) is 17.4 Å². The zero-order valence-electron chi connectivity index (χ0n) is 17.8. The highest BCUT2D eigenvalue weighted by Crippen LogP contribution is 2.39. The number of nitrogens with zero attached hydrogens (tertiary/aromatic N) is 4. The Morgan fingerprint density at radius 3 is 2.03 bits per heavy atom. The van der Waals surface area contributed by atoms with Crippen LogP contribution in [0.15, 0.2) is 92.7 Å². The Hall–Kier alpha value is -5.10. The first-order valence-corrected chi connectivity index (χ1v) is 10.2. The van der Waals surface area contributed by atoms with Gasteiger partial charge >= 0.3 is 11.8 Å². The molecule has 0 spiro atoms. The van der Waals surface area contributed by atoms with Crippen molar-refractivity contribution >= 4 is 40.1 Å². The molecule has 0 bridgehead atoms. The van der Waals surface area contributed by atoms with Crippen molar-refractivity contribution in [3.05, 3.63) is 96.5 Å². The smallest absolute Gasteiger partial charge is 0.302 e. The third kappa shape index (κ3) is 3.40. The number of rotatable bonds is 5. The predicted octanol–water partition coefficient (Wildman–Crippen LogP) is 5.14. The molecule has 0 N–H and O–H groups in total. The van der Waals surface area contributed by atoms with Gasteiger partial charge in [-0.2, -0.15) is 5.26 Å². The van der Waals surface area contributed by atoms with E-state index in [1.807, 2.05) is 6.07 Å². The molecule has 0 aliphatic carbocycles. The molecule has 0 atom stereocenters. The van der Waals surface area contributed by atoms with Crippen LogP contribution in [0, 0.1) is 11.3 Å². The fourth-order valence-corrected chi connectivity index (χ4v) is 3.67. The maximum Gasteiger partial charge on any atom is 0.302 e. The fraction of sp³-hybridized carbons (Fsp3) is 0.0400. The molecule has 1 aromatic carbocycles. The third-order valence-corrected chi connectivity index (χ3v) is 5.21. The maximum atomic E-state index is 13.4. The number of anilines is 3. The van der Waals surface area contributed by atoms with Gasteiger partial charge in [-0.25, -0.2) is 9.88 Å². The normalized spacial score (nSPS) is 10.7. The zero-order chi connectivity index (χ0) is 23.7. The number of imide groups is 1. The highest BCUT2D eigenvalue weighted by Gasteiger charge is 2.34. The second-order valence-corrected chi connectivity index (χ2v) is 7.20. The number of para-hydroxylation sites is 1. The van der Waals surface area contributed by atoms with Crippen LogP contribution in [0.3, 0.4) is 0 Å². The van der Waals surface area contributed by atoms with E-state index in [0.717, 1.165) is 4.90 Å². The van der Waals surface area contributed by atoms with Gasteiger partial charge in [0.15, 0.2) is 23.2 Å². The van der Waals surface area contributed by atoms with Crippen LogP contribution < -0.4 is 9.80 Å². The number of furan rings is 3. The van der Waals surface area contributed by atoms with Gasteiger partial charge in [0.1, 0.15) is 11.6 Å². The van der Waals surface area contributed by atoms with E-state index in [-0.39, 0.29) is 22.9 Å². The van der Waals surface area contributed by atoms with Crippen LogP contribution in [0.25, 0.3) is 10.9 Å². The fourth-order valence-electron chi connectivity index (χ4n) is 3.67. The van der Waals surface area contributed by atoms with Crippen molar-refractivity contribution in [3.8, 4) is 6.07 Å². The molecule has 2 amide bonds. The third-order valence-electron chi connectivity index (χ3n) is 5.21. The Balaban J connectivity index is 1.80. The van der Waals surface area contributed by atoms with Crippen LogP contribution >= 0.6 is 0 Å². The van der Waals surface area contributed by atoms with Gasteiger partial charge in [-0.05, 0) is 36.4 Å². The average Bonchev–Trinajstić information content (AvgIpc) is 3.66. The summed E-state index contributed by atoms with van der Waals surface area (Å²) in [7, 11) is 1.72. The maximum absolute atomic E-state index is 13.4. The Morgan fingerprint density at radius 2 is 1.47 bits per heavy atom. The van der Waals surface area contributed by atoms with E-state index in [4.69, 9.17) is 13.3 Å². The van der Waals surface area contributed by atoms with Crippen LogP contribution in [-0.4, -0.2) is 23.8 Å². The summed E-state index contributed by atoms with van der Waals surface area (Å²) in [5.74, 6) is -1.48. The van der Waals surface area contributed by atoms with Crippen molar-refractivity contribution in [2.24, 2.45) is 0 Å². The van der Waals surface area contributed by atoms with E-state index in [1.54, 1.807) is 42.3 Å². The molecule has 0 saturated carbocycles. The van der Waals surface area contributed by atoms with Crippen LogP contribution in [0.1, 0.15) is 26.7 Å². The number of nitriles is 1. The minimum Gasteiger partial charge on any atom is -0.459 e. The Morgan fingerprint density at radius 1 is 0.853 bits per heavy atom. The van der Waals surface area contributed by atoms with Crippen molar-refractivity contribution in [1.82, 2.24) is 4.98 Å². The van der Waals surface area contributed by atoms with E-state index >= 15 is 0 Å². The summed E-state index contributed by atoms with van der Waals surface area (Å²) in [5, 5.41) is 10.9. The standard InChI is InChI=1S/C25H16N4O5/c1-28(21-11-6-14-34-21)22-16-7-2-3-8-18(16)27-23(17(22)15-26)29(24(30)19-9-4-12-32-19)25(31)20-10-5-13-33-20/h2-14H,1H3. The van der Waals surface area contributed by atoms with Gasteiger partial charge in [-0.15, -0.1) is 0 Å². The Bertz CT molecular complexity index is 1470. The van der Waals surface area contributed by atoms with Gasteiger partial charge in [-0.3, -0.25) is 9.59 Å². The average molecular weight is 452 g/mol. The van der Waals surface area contributed by atoms with Gasteiger partial charge in [-0.1, -0.05) is 18.2 Å². The highest BCUT2D eigenvalue weighted by molar-refractivity contribution is 6.25. The molecule has 4 heterocycles. The van der Waals surface area contributed by atoms with Crippen molar-refractivity contribution in [2.45, 2.75) is 0 Å². The summed E-state index contributed by atoms with van der Waals surface area (Å²) in [6.07, 6.45) is 4.14. The molecule has 34 heavy (non-hydrogen) atoms. The topological polar surface area (TPSA) is 117 Å². The van der Waals surface area contributed by atoms with Crippen molar-refractivity contribution in [2.75, 3.05) is 16.8 Å².